The van der Waals surface area contributed by atoms with Crippen LogP contribution in [0.5, 0.6) is 5.75 Å². The normalized spacial score (nSPS) is 28.2. The van der Waals surface area contributed by atoms with Crippen LogP contribution in [-0.2, 0) is 19.1 Å². The number of nitrogens with zero attached hydrogens (tertiary/aromatic N) is 2. The predicted molar refractivity (Wildman–Crippen MR) is 160 cm³/mol. The fraction of sp³-hybridized carbons (Fsp3) is 0.719. The first-order valence-corrected chi connectivity index (χ1v) is 16.1. The Morgan fingerprint density at radius 3 is 2.59 bits per heavy atom. The van der Waals surface area contributed by atoms with Gasteiger partial charge in [0.1, 0.15) is 17.8 Å². The summed E-state index contributed by atoms with van der Waals surface area (Å²) in [6.45, 7) is 6.15. The number of rotatable bonds is 10. The third kappa shape index (κ3) is 7.34. The molecule has 0 bridgehead atoms. The smallest absolute Gasteiger partial charge is 0.248 e. The van der Waals surface area contributed by atoms with Crippen molar-refractivity contribution in [3.05, 3.63) is 29.8 Å². The highest BCUT2D eigenvalue weighted by molar-refractivity contribution is 5.93. The van der Waals surface area contributed by atoms with Crippen molar-refractivity contribution < 1.29 is 32.6 Å². The van der Waals surface area contributed by atoms with Crippen LogP contribution in [-0.4, -0.2) is 104 Å². The molecule has 6 atom stereocenters. The van der Waals surface area contributed by atoms with Gasteiger partial charge in [-0.1, -0.05) is 25.1 Å². The summed E-state index contributed by atoms with van der Waals surface area (Å²) in [7, 11) is 1.65. The van der Waals surface area contributed by atoms with Crippen molar-refractivity contribution in [1.29, 1.82) is 0 Å². The van der Waals surface area contributed by atoms with E-state index >= 15 is 0 Å². The number of para-hydroxylation sites is 1. The molecule has 3 heterocycles. The molecule has 0 aromatic heterocycles. The molecule has 3 amide bonds. The van der Waals surface area contributed by atoms with Crippen molar-refractivity contribution >= 4 is 17.7 Å². The molecule has 5 rings (SSSR count). The number of carbonyl (C=O) groups is 3. The zero-order valence-electron chi connectivity index (χ0n) is 26.0. The van der Waals surface area contributed by atoms with Gasteiger partial charge in [0.2, 0.25) is 23.6 Å². The number of alkyl halides is 2. The average molecular weight is 620 g/mol. The number of fused-ring (bicyclic) bond motifs is 2. The van der Waals surface area contributed by atoms with Crippen LogP contribution in [0.4, 0.5) is 8.78 Å². The zero-order chi connectivity index (χ0) is 31.4. The van der Waals surface area contributed by atoms with Gasteiger partial charge in [-0.15, -0.1) is 0 Å². The van der Waals surface area contributed by atoms with Crippen molar-refractivity contribution in [2.45, 2.75) is 101 Å². The minimum Gasteiger partial charge on any atom is -0.493 e. The van der Waals surface area contributed by atoms with E-state index in [2.05, 4.69) is 27.8 Å². The average Bonchev–Trinajstić information content (AvgIpc) is 3.43. The molecule has 3 N–H and O–H groups in total. The van der Waals surface area contributed by atoms with E-state index in [-0.39, 0.29) is 61.6 Å². The molecule has 1 aromatic carbocycles. The second kappa shape index (κ2) is 14.1. The molecule has 1 aromatic rings. The fourth-order valence-electron chi connectivity index (χ4n) is 7.02. The SMILES string of the molecule is CCCO[C@@H]1C[C@H]2CN(C(=O)[C@@H](NC(=O)[C@H](C)NC)C3CCC(F)(F)CC3)[C@H](C(=O)N[C@@H]3CCOc4ccccc43)CN2C1. The maximum absolute atomic E-state index is 14.5. The van der Waals surface area contributed by atoms with Crippen molar-refractivity contribution in [1.82, 2.24) is 25.8 Å². The predicted octanol–water partition coefficient (Wildman–Crippen LogP) is 2.62. The number of hydrogen-bond donors (Lipinski definition) is 3. The molecule has 3 fully saturated rings. The number of carbonyl (C=O) groups excluding carboxylic acids is 3. The van der Waals surface area contributed by atoms with E-state index < -0.39 is 30.0 Å². The molecule has 2 saturated heterocycles. The van der Waals surface area contributed by atoms with E-state index in [1.807, 2.05) is 24.3 Å². The first-order chi connectivity index (χ1) is 21.1. The van der Waals surface area contributed by atoms with E-state index in [0.29, 0.717) is 39.3 Å². The minimum atomic E-state index is -2.78. The van der Waals surface area contributed by atoms with Crippen LogP contribution in [0.25, 0.3) is 0 Å². The summed E-state index contributed by atoms with van der Waals surface area (Å²) >= 11 is 0. The largest absolute Gasteiger partial charge is 0.493 e. The summed E-state index contributed by atoms with van der Waals surface area (Å²) in [5.74, 6) is -3.55. The number of likely N-dealkylation sites (N-methyl/N-ethyl adjacent to an activating group) is 1. The quantitative estimate of drug-likeness (QED) is 0.369. The summed E-state index contributed by atoms with van der Waals surface area (Å²) in [6, 6.07) is 4.93. The number of benzene rings is 1. The molecule has 10 nitrogen and oxygen atoms in total. The van der Waals surface area contributed by atoms with E-state index in [9.17, 15) is 23.2 Å². The maximum atomic E-state index is 14.5. The summed E-state index contributed by atoms with van der Waals surface area (Å²) in [5, 5.41) is 8.96. The van der Waals surface area contributed by atoms with Crippen LogP contribution in [0.1, 0.15) is 70.4 Å². The summed E-state index contributed by atoms with van der Waals surface area (Å²) in [4.78, 5) is 45.5. The van der Waals surface area contributed by atoms with Gasteiger partial charge in [-0.2, -0.15) is 0 Å². The Kier molecular flexibility index (Phi) is 10.4. The number of halogens is 2. The van der Waals surface area contributed by atoms with Crippen molar-refractivity contribution in [2.24, 2.45) is 5.92 Å². The van der Waals surface area contributed by atoms with Crippen LogP contribution >= 0.6 is 0 Å². The van der Waals surface area contributed by atoms with Gasteiger partial charge in [0, 0.05) is 57.1 Å². The lowest BCUT2D eigenvalue weighted by Crippen LogP contribution is -2.66. The Bertz CT molecular complexity index is 1180. The Morgan fingerprint density at radius 1 is 1.11 bits per heavy atom. The van der Waals surface area contributed by atoms with Gasteiger partial charge in [-0.05, 0) is 51.6 Å². The molecular weight excluding hydrogens is 572 g/mol. The molecule has 0 radical (unpaired) electrons. The molecular formula is C32H47F2N5O5. The van der Waals surface area contributed by atoms with E-state index in [1.54, 1.807) is 18.9 Å². The van der Waals surface area contributed by atoms with Crippen LogP contribution in [0.2, 0.25) is 0 Å². The van der Waals surface area contributed by atoms with Gasteiger partial charge in [-0.25, -0.2) is 8.78 Å². The van der Waals surface area contributed by atoms with Crippen LogP contribution in [0, 0.1) is 5.92 Å². The molecule has 244 valence electrons. The lowest BCUT2D eigenvalue weighted by Gasteiger charge is -2.45. The molecule has 44 heavy (non-hydrogen) atoms. The van der Waals surface area contributed by atoms with Gasteiger partial charge >= 0.3 is 0 Å². The first kappa shape index (κ1) is 32.6. The molecule has 3 aliphatic heterocycles. The lowest BCUT2D eigenvalue weighted by molar-refractivity contribution is -0.150. The monoisotopic (exact) mass is 619 g/mol. The molecule has 4 aliphatic rings. The second-order valence-electron chi connectivity index (χ2n) is 12.8. The summed E-state index contributed by atoms with van der Waals surface area (Å²) in [6.07, 6.45) is 1.80. The molecule has 1 saturated carbocycles. The van der Waals surface area contributed by atoms with Gasteiger partial charge < -0.3 is 30.3 Å². The zero-order valence-corrected chi connectivity index (χ0v) is 26.0. The standard InChI is InChI=1S/C32H47F2N5O5/c1-4-14-43-23-16-22-17-39(31(42)28(37-29(40)20(2)35-3)21-9-12-32(33,34)13-10-21)26(19-38(22)18-23)30(41)36-25-11-15-44-27-8-6-5-7-24(25)27/h5-8,20-23,25-26,28,35H,4,9-19H2,1-3H3,(H,36,41)(H,37,40)/t20-,22-,23+,25+,26-,28-/m0/s1. The molecule has 1 aliphatic carbocycles. The molecule has 12 heteroatoms. The van der Waals surface area contributed by atoms with E-state index in [4.69, 9.17) is 9.47 Å². The summed E-state index contributed by atoms with van der Waals surface area (Å²) < 4.78 is 40.1. The Labute approximate surface area is 258 Å². The third-order valence-electron chi connectivity index (χ3n) is 9.72. The lowest BCUT2D eigenvalue weighted by atomic mass is 9.81. The van der Waals surface area contributed by atoms with E-state index in [0.717, 1.165) is 24.2 Å². The second-order valence-corrected chi connectivity index (χ2v) is 12.8. The fourth-order valence-corrected chi connectivity index (χ4v) is 7.02. The topological polar surface area (TPSA) is 112 Å². The molecule has 0 unspecified atom stereocenters. The number of hydrogen-bond acceptors (Lipinski definition) is 7. The van der Waals surface area contributed by atoms with Gasteiger partial charge in [0.05, 0.1) is 24.8 Å². The van der Waals surface area contributed by atoms with Crippen LogP contribution in [0.15, 0.2) is 24.3 Å². The van der Waals surface area contributed by atoms with Gasteiger partial charge in [0.25, 0.3) is 0 Å². The van der Waals surface area contributed by atoms with Crippen molar-refractivity contribution in [3.8, 4) is 5.75 Å². The number of nitrogens with one attached hydrogen (secondary N) is 3. The Balaban J connectivity index is 1.41. The Hall–Kier alpha value is -2.83. The number of piperazine rings is 1. The Morgan fingerprint density at radius 2 is 1.86 bits per heavy atom. The van der Waals surface area contributed by atoms with Gasteiger partial charge in [-0.3, -0.25) is 19.3 Å². The highest BCUT2D eigenvalue weighted by atomic mass is 19.3. The highest BCUT2D eigenvalue weighted by Gasteiger charge is 2.48. The van der Waals surface area contributed by atoms with E-state index in [1.165, 1.54) is 0 Å². The van der Waals surface area contributed by atoms with Crippen LogP contribution in [0.3, 0.4) is 0 Å². The van der Waals surface area contributed by atoms with Crippen LogP contribution < -0.4 is 20.7 Å². The number of ether oxygens (including phenoxy) is 2. The maximum Gasteiger partial charge on any atom is 0.248 e. The van der Waals surface area contributed by atoms with Crippen molar-refractivity contribution in [3.63, 3.8) is 0 Å². The molecule has 0 spiro atoms. The third-order valence-corrected chi connectivity index (χ3v) is 9.72. The number of amides is 3. The van der Waals surface area contributed by atoms with Gasteiger partial charge in [0.15, 0.2) is 0 Å². The first-order valence-electron chi connectivity index (χ1n) is 16.1. The summed E-state index contributed by atoms with van der Waals surface area (Å²) in [5.41, 5.74) is 0.891. The highest BCUT2D eigenvalue weighted by Crippen LogP contribution is 2.39. The minimum absolute atomic E-state index is 0.00284. The van der Waals surface area contributed by atoms with Crippen molar-refractivity contribution in [2.75, 3.05) is 39.9 Å².